The van der Waals surface area contributed by atoms with Gasteiger partial charge in [-0.3, -0.25) is 4.79 Å². The summed E-state index contributed by atoms with van der Waals surface area (Å²) >= 11 is 0. The lowest BCUT2D eigenvalue weighted by molar-refractivity contribution is -0.124. The Labute approximate surface area is 135 Å². The predicted octanol–water partition coefficient (Wildman–Crippen LogP) is 3.41. The van der Waals surface area contributed by atoms with Crippen molar-refractivity contribution in [1.29, 1.82) is 0 Å². The fraction of sp³-hybridized carbons (Fsp3) is 0.333. The van der Waals surface area contributed by atoms with Crippen LogP contribution in [0.15, 0.2) is 47.1 Å². The maximum Gasteiger partial charge on any atom is 0.375 e. The van der Waals surface area contributed by atoms with E-state index in [0.29, 0.717) is 5.56 Å². The Kier molecular flexibility index (Phi) is 5.97. The van der Waals surface area contributed by atoms with Gasteiger partial charge in [-0.05, 0) is 25.0 Å². The van der Waals surface area contributed by atoms with Crippen molar-refractivity contribution in [3.63, 3.8) is 0 Å². The largest absolute Gasteiger partial charge is 0.457 e. The van der Waals surface area contributed by atoms with Gasteiger partial charge in [-0.25, -0.2) is 4.79 Å². The zero-order valence-corrected chi connectivity index (χ0v) is 13.4. The Hall–Kier alpha value is -2.56. The summed E-state index contributed by atoms with van der Waals surface area (Å²) in [5.41, 5.74) is 1.50. The van der Waals surface area contributed by atoms with Crippen LogP contribution in [0, 0.1) is 0 Å². The van der Waals surface area contributed by atoms with Crippen LogP contribution in [0.5, 0.6) is 0 Å². The van der Waals surface area contributed by atoms with Crippen molar-refractivity contribution < 1.29 is 18.7 Å². The number of hydrogen-bond acceptors (Lipinski definition) is 4. The molecule has 5 nitrogen and oxygen atoms in total. The zero-order valence-electron chi connectivity index (χ0n) is 13.4. The van der Waals surface area contributed by atoms with Crippen molar-refractivity contribution in [3.05, 3.63) is 48.4 Å². The van der Waals surface area contributed by atoms with Crippen LogP contribution in [0.2, 0.25) is 0 Å². The average Bonchev–Trinajstić information content (AvgIpc) is 3.03. The van der Waals surface area contributed by atoms with Crippen LogP contribution in [0.4, 0.5) is 0 Å². The molecule has 1 amide bonds. The van der Waals surface area contributed by atoms with Gasteiger partial charge in [-0.2, -0.15) is 0 Å². The monoisotopic (exact) mass is 315 g/mol. The third kappa shape index (κ3) is 4.71. The van der Waals surface area contributed by atoms with E-state index < -0.39 is 5.97 Å². The first-order chi connectivity index (χ1) is 11.1. The summed E-state index contributed by atoms with van der Waals surface area (Å²) in [6.07, 6.45) is 3.30. The molecule has 0 aliphatic heterocycles. The molecule has 0 bridgehead atoms. The molecule has 1 atom stereocenters. The van der Waals surface area contributed by atoms with Crippen LogP contribution in [0.25, 0.3) is 11.1 Å². The SMILES string of the molecule is CCC[C@@H](C)NC(=O)COC(=O)c1occc1-c1ccccc1. The maximum absolute atomic E-state index is 12.1. The van der Waals surface area contributed by atoms with E-state index in [0.717, 1.165) is 18.4 Å². The lowest BCUT2D eigenvalue weighted by Gasteiger charge is -2.12. The highest BCUT2D eigenvalue weighted by Gasteiger charge is 2.19. The fourth-order valence-electron chi connectivity index (χ4n) is 2.33. The molecule has 2 aromatic rings. The minimum Gasteiger partial charge on any atom is -0.457 e. The van der Waals surface area contributed by atoms with Gasteiger partial charge in [-0.15, -0.1) is 0 Å². The minimum atomic E-state index is -0.646. The van der Waals surface area contributed by atoms with E-state index in [4.69, 9.17) is 9.15 Å². The van der Waals surface area contributed by atoms with E-state index in [1.165, 1.54) is 6.26 Å². The molecule has 5 heteroatoms. The number of amides is 1. The number of benzene rings is 1. The van der Waals surface area contributed by atoms with Gasteiger partial charge in [-0.1, -0.05) is 43.7 Å². The van der Waals surface area contributed by atoms with Crippen LogP contribution in [-0.2, 0) is 9.53 Å². The molecule has 0 aliphatic carbocycles. The van der Waals surface area contributed by atoms with Gasteiger partial charge in [0.15, 0.2) is 6.61 Å². The van der Waals surface area contributed by atoms with Crippen molar-refractivity contribution >= 4 is 11.9 Å². The summed E-state index contributed by atoms with van der Waals surface area (Å²) < 4.78 is 10.3. The summed E-state index contributed by atoms with van der Waals surface area (Å²) in [6, 6.07) is 11.2. The summed E-state index contributed by atoms with van der Waals surface area (Å²) in [4.78, 5) is 23.9. The van der Waals surface area contributed by atoms with Gasteiger partial charge in [0.2, 0.25) is 5.76 Å². The first-order valence-corrected chi connectivity index (χ1v) is 7.71. The molecule has 23 heavy (non-hydrogen) atoms. The second-order valence-corrected chi connectivity index (χ2v) is 5.36. The van der Waals surface area contributed by atoms with Gasteiger partial charge in [0.1, 0.15) is 0 Å². The number of nitrogens with one attached hydrogen (secondary N) is 1. The highest BCUT2D eigenvalue weighted by atomic mass is 16.5. The first-order valence-electron chi connectivity index (χ1n) is 7.71. The minimum absolute atomic E-state index is 0.0645. The molecule has 0 fully saturated rings. The summed E-state index contributed by atoms with van der Waals surface area (Å²) in [5.74, 6) is -0.857. The number of carbonyl (C=O) groups is 2. The highest BCUT2D eigenvalue weighted by molar-refractivity contribution is 5.95. The topological polar surface area (TPSA) is 68.5 Å². The first kappa shape index (κ1) is 16.8. The van der Waals surface area contributed by atoms with Gasteiger partial charge in [0.05, 0.1) is 6.26 Å². The molecular weight excluding hydrogens is 294 g/mol. The third-order valence-corrected chi connectivity index (χ3v) is 3.40. The summed E-state index contributed by atoms with van der Waals surface area (Å²) in [6.45, 7) is 3.65. The second kappa shape index (κ2) is 8.17. The van der Waals surface area contributed by atoms with E-state index in [1.54, 1.807) is 6.07 Å². The van der Waals surface area contributed by atoms with Crippen molar-refractivity contribution in [3.8, 4) is 11.1 Å². The maximum atomic E-state index is 12.1. The molecule has 122 valence electrons. The van der Waals surface area contributed by atoms with Gasteiger partial charge < -0.3 is 14.5 Å². The number of furan rings is 1. The summed E-state index contributed by atoms with van der Waals surface area (Å²) in [5, 5.41) is 2.78. The number of ether oxygens (including phenoxy) is 1. The number of carbonyl (C=O) groups excluding carboxylic acids is 2. The van der Waals surface area contributed by atoms with E-state index in [2.05, 4.69) is 5.32 Å². The Morgan fingerprint density at radius 2 is 1.96 bits per heavy atom. The van der Waals surface area contributed by atoms with E-state index in [1.807, 2.05) is 44.2 Å². The molecule has 0 aliphatic rings. The average molecular weight is 315 g/mol. The molecular formula is C18H21NO4. The molecule has 0 saturated heterocycles. The van der Waals surface area contributed by atoms with E-state index in [-0.39, 0.29) is 24.3 Å². The standard InChI is InChI=1S/C18H21NO4/c1-3-7-13(2)19-16(20)12-23-18(21)17-15(10-11-22-17)14-8-5-4-6-9-14/h4-6,8-11,13H,3,7,12H2,1-2H3,(H,19,20)/t13-/m1/s1. The smallest absolute Gasteiger partial charge is 0.375 e. The lowest BCUT2D eigenvalue weighted by Crippen LogP contribution is -2.35. The number of hydrogen-bond donors (Lipinski definition) is 1. The van der Waals surface area contributed by atoms with Gasteiger partial charge in [0.25, 0.3) is 5.91 Å². The molecule has 1 N–H and O–H groups in total. The Morgan fingerprint density at radius 1 is 1.22 bits per heavy atom. The molecule has 0 radical (unpaired) electrons. The van der Waals surface area contributed by atoms with Crippen molar-refractivity contribution in [2.24, 2.45) is 0 Å². The fourth-order valence-corrected chi connectivity index (χ4v) is 2.33. The van der Waals surface area contributed by atoms with Crippen LogP contribution in [0.3, 0.4) is 0 Å². The molecule has 0 unspecified atom stereocenters. The van der Waals surface area contributed by atoms with Gasteiger partial charge >= 0.3 is 5.97 Å². The highest BCUT2D eigenvalue weighted by Crippen LogP contribution is 2.25. The van der Waals surface area contributed by atoms with Crippen LogP contribution < -0.4 is 5.32 Å². The molecule has 0 saturated carbocycles. The third-order valence-electron chi connectivity index (χ3n) is 3.40. The second-order valence-electron chi connectivity index (χ2n) is 5.36. The van der Waals surface area contributed by atoms with Crippen molar-refractivity contribution in [2.75, 3.05) is 6.61 Å². The Morgan fingerprint density at radius 3 is 2.65 bits per heavy atom. The van der Waals surface area contributed by atoms with Crippen LogP contribution in [-0.4, -0.2) is 24.5 Å². The lowest BCUT2D eigenvalue weighted by atomic mass is 10.1. The molecule has 1 heterocycles. The number of esters is 1. The number of rotatable bonds is 7. The van der Waals surface area contributed by atoms with Gasteiger partial charge in [0, 0.05) is 11.6 Å². The molecule has 1 aromatic carbocycles. The summed E-state index contributed by atoms with van der Waals surface area (Å²) in [7, 11) is 0. The Bertz CT molecular complexity index is 648. The van der Waals surface area contributed by atoms with Crippen molar-refractivity contribution in [1.82, 2.24) is 5.32 Å². The molecule has 1 aromatic heterocycles. The van der Waals surface area contributed by atoms with Crippen molar-refractivity contribution in [2.45, 2.75) is 32.7 Å². The normalized spacial score (nSPS) is 11.7. The predicted molar refractivity (Wildman–Crippen MR) is 86.9 cm³/mol. The van der Waals surface area contributed by atoms with Crippen LogP contribution >= 0.6 is 0 Å². The zero-order chi connectivity index (χ0) is 16.7. The van der Waals surface area contributed by atoms with E-state index in [9.17, 15) is 9.59 Å². The molecule has 2 rings (SSSR count). The Balaban J connectivity index is 1.95. The molecule has 0 spiro atoms. The van der Waals surface area contributed by atoms with E-state index >= 15 is 0 Å². The quantitative estimate of drug-likeness (QED) is 0.795. The van der Waals surface area contributed by atoms with Crippen LogP contribution in [0.1, 0.15) is 37.2 Å².